The Morgan fingerprint density at radius 2 is 2.22 bits per heavy atom. The highest BCUT2D eigenvalue weighted by atomic mass is 35.5. The van der Waals surface area contributed by atoms with Gasteiger partial charge in [-0.1, -0.05) is 12.1 Å². The molecule has 1 heterocycles. The molecule has 98 valence electrons. The van der Waals surface area contributed by atoms with Gasteiger partial charge in [-0.2, -0.15) is 0 Å². The molecule has 0 aliphatic carbocycles. The molecule has 6 nitrogen and oxygen atoms in total. The van der Waals surface area contributed by atoms with Crippen molar-refractivity contribution < 1.29 is 14.5 Å². The van der Waals surface area contributed by atoms with Gasteiger partial charge in [-0.3, -0.25) is 10.1 Å². The number of cyclic esters (lactones) is 1. The van der Waals surface area contributed by atoms with E-state index in [4.69, 9.17) is 4.74 Å². The maximum atomic E-state index is 11.1. The molecule has 0 spiro atoms. The Hall–Kier alpha value is -1.82. The lowest BCUT2D eigenvalue weighted by molar-refractivity contribution is -0.385. The largest absolute Gasteiger partial charge is 0.449 e. The summed E-state index contributed by atoms with van der Waals surface area (Å²) >= 11 is 0. The topological polar surface area (TPSA) is 81.5 Å². The van der Waals surface area contributed by atoms with E-state index in [1.807, 2.05) is 0 Å². The van der Waals surface area contributed by atoms with Crippen LogP contribution in [0.15, 0.2) is 18.2 Å². The summed E-state index contributed by atoms with van der Waals surface area (Å²) in [6.07, 6.45) is 0.135. The molecule has 0 radical (unpaired) electrons. The van der Waals surface area contributed by atoms with Gasteiger partial charge in [0.05, 0.1) is 17.6 Å². The van der Waals surface area contributed by atoms with E-state index >= 15 is 0 Å². The van der Waals surface area contributed by atoms with Crippen molar-refractivity contribution in [3.63, 3.8) is 0 Å². The summed E-state index contributed by atoms with van der Waals surface area (Å²) in [4.78, 5) is 21.5. The van der Waals surface area contributed by atoms with Gasteiger partial charge in [0.1, 0.15) is 0 Å². The Labute approximate surface area is 110 Å². The molecule has 1 amide bonds. The fourth-order valence-electron chi connectivity index (χ4n) is 1.82. The average molecular weight is 273 g/mol. The molecule has 0 saturated carbocycles. The van der Waals surface area contributed by atoms with Gasteiger partial charge in [-0.15, -0.1) is 12.4 Å². The molecule has 1 saturated heterocycles. The van der Waals surface area contributed by atoms with Crippen molar-refractivity contribution >= 4 is 24.2 Å². The molecular formula is C11H13ClN2O4. The van der Waals surface area contributed by atoms with Gasteiger partial charge in [0.2, 0.25) is 0 Å². The van der Waals surface area contributed by atoms with Gasteiger partial charge in [0.15, 0.2) is 0 Å². The average Bonchev–Trinajstić information content (AvgIpc) is 2.29. The fraction of sp³-hybridized carbons (Fsp3) is 0.364. The standard InChI is InChI=1S/C11H12N2O4.ClH/c1-7-2-3-8(6-10(7)13(15)16)9-4-5-17-11(14)12-9;/h2-3,6,9H,4-5H2,1H3,(H,12,14);1H/t9-;/m0./s1. The number of nitro groups is 1. The van der Waals surface area contributed by atoms with Crippen LogP contribution in [-0.4, -0.2) is 17.6 Å². The first-order chi connectivity index (χ1) is 8.08. The van der Waals surface area contributed by atoms with Gasteiger partial charge >= 0.3 is 6.09 Å². The van der Waals surface area contributed by atoms with Crippen LogP contribution in [0.25, 0.3) is 0 Å². The first kappa shape index (κ1) is 14.2. The summed E-state index contributed by atoms with van der Waals surface area (Å²) in [6, 6.07) is 4.77. The lowest BCUT2D eigenvalue weighted by Gasteiger charge is -2.23. The van der Waals surface area contributed by atoms with Crippen LogP contribution in [0.4, 0.5) is 10.5 Å². The summed E-state index contributed by atoms with van der Waals surface area (Å²) in [5.41, 5.74) is 1.42. The predicted octanol–water partition coefficient (Wildman–Crippen LogP) is 2.50. The Morgan fingerprint density at radius 3 is 2.83 bits per heavy atom. The van der Waals surface area contributed by atoms with E-state index in [9.17, 15) is 14.9 Å². The Kier molecular flexibility index (Phi) is 4.49. The normalized spacial score (nSPS) is 18.3. The van der Waals surface area contributed by atoms with E-state index in [1.165, 1.54) is 6.07 Å². The first-order valence-electron chi connectivity index (χ1n) is 5.26. The van der Waals surface area contributed by atoms with Crippen LogP contribution in [0.3, 0.4) is 0 Å². The zero-order chi connectivity index (χ0) is 12.4. The second-order valence-electron chi connectivity index (χ2n) is 3.92. The van der Waals surface area contributed by atoms with Crippen molar-refractivity contribution in [3.8, 4) is 0 Å². The Bertz CT molecular complexity index is 478. The molecule has 0 aromatic heterocycles. The quantitative estimate of drug-likeness (QED) is 0.662. The number of hydrogen-bond donors (Lipinski definition) is 1. The number of nitrogens with zero attached hydrogens (tertiary/aromatic N) is 1. The molecule has 1 aliphatic heterocycles. The fourth-order valence-corrected chi connectivity index (χ4v) is 1.82. The van der Waals surface area contributed by atoms with E-state index in [-0.39, 0.29) is 24.1 Å². The third-order valence-electron chi connectivity index (χ3n) is 2.76. The van der Waals surface area contributed by atoms with Crippen molar-refractivity contribution in [2.45, 2.75) is 19.4 Å². The second-order valence-corrected chi connectivity index (χ2v) is 3.92. The van der Waals surface area contributed by atoms with Gasteiger partial charge in [-0.05, 0) is 12.5 Å². The number of benzene rings is 1. The summed E-state index contributed by atoms with van der Waals surface area (Å²) in [6.45, 7) is 2.02. The number of ether oxygens (including phenoxy) is 1. The van der Waals surface area contributed by atoms with Crippen LogP contribution in [0.1, 0.15) is 23.6 Å². The second kappa shape index (κ2) is 5.68. The Balaban J connectivity index is 0.00000162. The SMILES string of the molecule is Cc1ccc([C@@H]2CCOC(=O)N2)cc1[N+](=O)[O-].Cl. The van der Waals surface area contributed by atoms with Crippen LogP contribution in [-0.2, 0) is 4.74 Å². The van der Waals surface area contributed by atoms with Gasteiger partial charge in [-0.25, -0.2) is 4.79 Å². The molecular weight excluding hydrogens is 260 g/mol. The van der Waals surface area contributed by atoms with E-state index < -0.39 is 11.0 Å². The highest BCUT2D eigenvalue weighted by molar-refractivity contribution is 5.85. The number of carbonyl (C=O) groups is 1. The minimum absolute atomic E-state index is 0. The molecule has 1 aromatic carbocycles. The van der Waals surface area contributed by atoms with Crippen molar-refractivity contribution in [1.82, 2.24) is 5.32 Å². The molecule has 1 N–H and O–H groups in total. The predicted molar refractivity (Wildman–Crippen MR) is 66.9 cm³/mol. The first-order valence-corrected chi connectivity index (χ1v) is 5.26. The van der Waals surface area contributed by atoms with Crippen LogP contribution in [0.2, 0.25) is 0 Å². The maximum absolute atomic E-state index is 11.1. The van der Waals surface area contributed by atoms with Crippen LogP contribution < -0.4 is 5.32 Å². The van der Waals surface area contributed by atoms with Crippen LogP contribution in [0, 0.1) is 17.0 Å². The molecule has 1 aliphatic rings. The summed E-state index contributed by atoms with van der Waals surface area (Å²) in [5, 5.41) is 13.4. The molecule has 1 fully saturated rings. The molecule has 1 atom stereocenters. The zero-order valence-electron chi connectivity index (χ0n) is 9.71. The van der Waals surface area contributed by atoms with E-state index in [2.05, 4.69) is 5.32 Å². The minimum Gasteiger partial charge on any atom is -0.449 e. The molecule has 7 heteroatoms. The highest BCUT2D eigenvalue weighted by Crippen LogP contribution is 2.26. The molecule has 1 aromatic rings. The minimum atomic E-state index is -0.482. The van der Waals surface area contributed by atoms with E-state index in [0.717, 1.165) is 5.56 Å². The lowest BCUT2D eigenvalue weighted by Crippen LogP contribution is -2.35. The summed E-state index contributed by atoms with van der Waals surface area (Å²) in [5.74, 6) is 0. The van der Waals surface area contributed by atoms with Gasteiger partial charge in [0.25, 0.3) is 5.69 Å². The van der Waals surface area contributed by atoms with Crippen molar-refractivity contribution in [2.75, 3.05) is 6.61 Å². The zero-order valence-corrected chi connectivity index (χ0v) is 10.5. The number of nitro benzene ring substituents is 1. The van der Waals surface area contributed by atoms with Crippen molar-refractivity contribution in [2.24, 2.45) is 0 Å². The number of rotatable bonds is 2. The number of alkyl carbamates (subject to hydrolysis) is 1. The van der Waals surface area contributed by atoms with E-state index in [1.54, 1.807) is 19.1 Å². The van der Waals surface area contributed by atoms with Gasteiger partial charge < -0.3 is 10.1 Å². The Morgan fingerprint density at radius 1 is 1.50 bits per heavy atom. The molecule has 0 unspecified atom stereocenters. The van der Waals surface area contributed by atoms with Crippen LogP contribution in [0.5, 0.6) is 0 Å². The number of halogens is 1. The number of aryl methyl sites for hydroxylation is 1. The maximum Gasteiger partial charge on any atom is 0.407 e. The smallest absolute Gasteiger partial charge is 0.407 e. The molecule has 0 bridgehead atoms. The summed E-state index contributed by atoms with van der Waals surface area (Å²) in [7, 11) is 0. The van der Waals surface area contributed by atoms with E-state index in [0.29, 0.717) is 18.6 Å². The van der Waals surface area contributed by atoms with Crippen LogP contribution >= 0.6 is 12.4 Å². The van der Waals surface area contributed by atoms with Crippen molar-refractivity contribution in [1.29, 1.82) is 0 Å². The number of amides is 1. The lowest BCUT2D eigenvalue weighted by atomic mass is 10.0. The third-order valence-corrected chi connectivity index (χ3v) is 2.76. The van der Waals surface area contributed by atoms with Gasteiger partial charge in [0, 0.05) is 18.1 Å². The van der Waals surface area contributed by atoms with Crippen molar-refractivity contribution in [3.05, 3.63) is 39.4 Å². The number of nitrogens with one attached hydrogen (secondary N) is 1. The third kappa shape index (κ3) is 2.89. The molecule has 2 rings (SSSR count). The molecule has 18 heavy (non-hydrogen) atoms. The monoisotopic (exact) mass is 272 g/mol. The number of hydrogen-bond acceptors (Lipinski definition) is 4. The highest BCUT2D eigenvalue weighted by Gasteiger charge is 2.22. The summed E-state index contributed by atoms with van der Waals surface area (Å²) < 4.78 is 4.75. The number of carbonyl (C=O) groups excluding carboxylic acids is 1.